The fourth-order valence-electron chi connectivity index (χ4n) is 3.61. The van der Waals surface area contributed by atoms with Crippen molar-refractivity contribution in [2.75, 3.05) is 52.5 Å². The number of ether oxygens (including phenoxy) is 1. The van der Waals surface area contributed by atoms with Crippen molar-refractivity contribution in [2.45, 2.75) is 37.8 Å². The van der Waals surface area contributed by atoms with Gasteiger partial charge in [-0.25, -0.2) is 0 Å². The number of morpholine rings is 1. The second-order valence-corrected chi connectivity index (χ2v) is 6.02. The van der Waals surface area contributed by atoms with Gasteiger partial charge in [0.05, 0.1) is 13.2 Å². The van der Waals surface area contributed by atoms with Gasteiger partial charge in [-0.3, -0.25) is 4.90 Å². The molecule has 3 rings (SSSR count). The lowest BCUT2D eigenvalue weighted by molar-refractivity contribution is 0.0635. The SMILES string of the molecule is C1CCN(C2CCN(CC3COCCN3)C2)CC1. The molecule has 0 spiro atoms. The van der Waals surface area contributed by atoms with Gasteiger partial charge in [0.2, 0.25) is 0 Å². The van der Waals surface area contributed by atoms with E-state index in [0.717, 1.165) is 25.8 Å². The average molecular weight is 253 g/mol. The van der Waals surface area contributed by atoms with E-state index in [1.54, 1.807) is 0 Å². The van der Waals surface area contributed by atoms with E-state index < -0.39 is 0 Å². The molecular weight excluding hydrogens is 226 g/mol. The normalized spacial score (nSPS) is 36.0. The van der Waals surface area contributed by atoms with E-state index >= 15 is 0 Å². The van der Waals surface area contributed by atoms with Crippen LogP contribution >= 0.6 is 0 Å². The first-order valence-electron chi connectivity index (χ1n) is 7.69. The predicted molar refractivity (Wildman–Crippen MR) is 72.9 cm³/mol. The topological polar surface area (TPSA) is 27.7 Å². The lowest BCUT2D eigenvalue weighted by Gasteiger charge is -2.33. The molecule has 3 fully saturated rings. The van der Waals surface area contributed by atoms with Crippen LogP contribution in [-0.2, 0) is 4.74 Å². The van der Waals surface area contributed by atoms with Gasteiger partial charge >= 0.3 is 0 Å². The largest absolute Gasteiger partial charge is 0.378 e. The van der Waals surface area contributed by atoms with Crippen LogP contribution in [0.3, 0.4) is 0 Å². The highest BCUT2D eigenvalue weighted by molar-refractivity contribution is 4.87. The van der Waals surface area contributed by atoms with Crippen LogP contribution in [0.2, 0.25) is 0 Å². The molecule has 0 aromatic carbocycles. The standard InChI is InChI=1S/C14H27N3O/c1-2-6-17(7-3-1)14-4-8-16(11-14)10-13-12-18-9-5-15-13/h13-15H,1-12H2. The molecular formula is C14H27N3O. The Hall–Kier alpha value is -0.160. The first kappa shape index (κ1) is 12.9. The summed E-state index contributed by atoms with van der Waals surface area (Å²) >= 11 is 0. The Morgan fingerprint density at radius 2 is 2.00 bits per heavy atom. The molecule has 0 bridgehead atoms. The van der Waals surface area contributed by atoms with Crippen LogP contribution in [0.25, 0.3) is 0 Å². The van der Waals surface area contributed by atoms with Crippen molar-refractivity contribution in [3.05, 3.63) is 0 Å². The Bertz CT molecular complexity index is 249. The minimum atomic E-state index is 0.554. The van der Waals surface area contributed by atoms with Crippen molar-refractivity contribution in [1.29, 1.82) is 0 Å². The van der Waals surface area contributed by atoms with Gasteiger partial charge in [-0.15, -0.1) is 0 Å². The molecule has 104 valence electrons. The summed E-state index contributed by atoms with van der Waals surface area (Å²) in [4.78, 5) is 5.36. The molecule has 0 saturated carbocycles. The fraction of sp³-hybridized carbons (Fsp3) is 1.00. The number of nitrogens with one attached hydrogen (secondary N) is 1. The molecule has 0 aromatic heterocycles. The maximum atomic E-state index is 5.54. The van der Waals surface area contributed by atoms with Gasteiger partial charge in [0.25, 0.3) is 0 Å². The number of hydrogen-bond donors (Lipinski definition) is 1. The van der Waals surface area contributed by atoms with Gasteiger partial charge in [0, 0.05) is 31.7 Å². The highest BCUT2D eigenvalue weighted by Crippen LogP contribution is 2.20. The van der Waals surface area contributed by atoms with Gasteiger partial charge in [-0.05, 0) is 38.9 Å². The van der Waals surface area contributed by atoms with Gasteiger partial charge in [-0.1, -0.05) is 6.42 Å². The monoisotopic (exact) mass is 253 g/mol. The van der Waals surface area contributed by atoms with Crippen LogP contribution in [-0.4, -0.2) is 74.4 Å². The molecule has 3 aliphatic heterocycles. The van der Waals surface area contributed by atoms with Crippen molar-refractivity contribution in [2.24, 2.45) is 0 Å². The predicted octanol–water partition coefficient (Wildman–Crippen LogP) is 0.535. The number of nitrogens with zero attached hydrogens (tertiary/aromatic N) is 2. The third kappa shape index (κ3) is 3.23. The smallest absolute Gasteiger partial charge is 0.0632 e. The second kappa shape index (κ2) is 6.33. The Morgan fingerprint density at radius 3 is 2.78 bits per heavy atom. The summed E-state index contributed by atoms with van der Waals surface area (Å²) in [5.41, 5.74) is 0. The summed E-state index contributed by atoms with van der Waals surface area (Å²) in [6.07, 6.45) is 5.63. The third-order valence-electron chi connectivity index (χ3n) is 4.63. The Kier molecular flexibility index (Phi) is 4.52. The van der Waals surface area contributed by atoms with Gasteiger partial charge in [0.1, 0.15) is 0 Å². The fourth-order valence-corrected chi connectivity index (χ4v) is 3.61. The van der Waals surface area contributed by atoms with E-state index in [1.807, 2.05) is 0 Å². The van der Waals surface area contributed by atoms with Gasteiger partial charge in [-0.2, -0.15) is 0 Å². The molecule has 0 amide bonds. The molecule has 0 aliphatic carbocycles. The van der Waals surface area contributed by atoms with E-state index in [-0.39, 0.29) is 0 Å². The summed E-state index contributed by atoms with van der Waals surface area (Å²) in [6.45, 7) is 9.19. The molecule has 0 radical (unpaired) electrons. The maximum absolute atomic E-state index is 5.54. The summed E-state index contributed by atoms with van der Waals surface area (Å²) in [7, 11) is 0. The molecule has 18 heavy (non-hydrogen) atoms. The van der Waals surface area contributed by atoms with Crippen molar-refractivity contribution in [1.82, 2.24) is 15.1 Å². The summed E-state index contributed by atoms with van der Waals surface area (Å²) < 4.78 is 5.54. The number of likely N-dealkylation sites (tertiary alicyclic amines) is 2. The van der Waals surface area contributed by atoms with Crippen molar-refractivity contribution in [3.63, 3.8) is 0 Å². The summed E-state index contributed by atoms with van der Waals surface area (Å²) in [6, 6.07) is 1.38. The first-order chi connectivity index (χ1) is 8.92. The number of hydrogen-bond acceptors (Lipinski definition) is 4. The van der Waals surface area contributed by atoms with E-state index in [2.05, 4.69) is 15.1 Å². The van der Waals surface area contributed by atoms with E-state index in [0.29, 0.717) is 6.04 Å². The second-order valence-electron chi connectivity index (χ2n) is 6.02. The van der Waals surface area contributed by atoms with E-state index in [1.165, 1.54) is 58.4 Å². The zero-order chi connectivity index (χ0) is 12.2. The minimum Gasteiger partial charge on any atom is -0.378 e. The van der Waals surface area contributed by atoms with Gasteiger partial charge < -0.3 is 15.0 Å². The molecule has 3 heterocycles. The van der Waals surface area contributed by atoms with E-state index in [4.69, 9.17) is 4.74 Å². The molecule has 4 heteroatoms. The summed E-state index contributed by atoms with van der Waals surface area (Å²) in [5, 5.41) is 3.56. The van der Waals surface area contributed by atoms with E-state index in [9.17, 15) is 0 Å². The third-order valence-corrected chi connectivity index (χ3v) is 4.63. The zero-order valence-electron chi connectivity index (χ0n) is 11.4. The molecule has 3 aliphatic rings. The Labute approximate surface area is 111 Å². The quantitative estimate of drug-likeness (QED) is 0.794. The van der Waals surface area contributed by atoms with Crippen LogP contribution in [0.15, 0.2) is 0 Å². The van der Waals surface area contributed by atoms with Crippen molar-refractivity contribution in [3.8, 4) is 0 Å². The van der Waals surface area contributed by atoms with Crippen LogP contribution in [0.1, 0.15) is 25.7 Å². The van der Waals surface area contributed by atoms with Crippen LogP contribution in [0, 0.1) is 0 Å². The Morgan fingerprint density at radius 1 is 1.11 bits per heavy atom. The minimum absolute atomic E-state index is 0.554. The summed E-state index contributed by atoms with van der Waals surface area (Å²) in [5.74, 6) is 0. The number of piperidine rings is 1. The lowest BCUT2D eigenvalue weighted by atomic mass is 10.1. The lowest BCUT2D eigenvalue weighted by Crippen LogP contribution is -2.48. The molecule has 1 N–H and O–H groups in total. The zero-order valence-corrected chi connectivity index (χ0v) is 11.4. The van der Waals surface area contributed by atoms with Crippen LogP contribution < -0.4 is 5.32 Å². The Balaban J connectivity index is 1.42. The van der Waals surface area contributed by atoms with Crippen molar-refractivity contribution < 1.29 is 4.74 Å². The highest BCUT2D eigenvalue weighted by Gasteiger charge is 2.29. The molecule has 2 unspecified atom stereocenters. The van der Waals surface area contributed by atoms with Crippen LogP contribution in [0.5, 0.6) is 0 Å². The van der Waals surface area contributed by atoms with Crippen LogP contribution in [0.4, 0.5) is 0 Å². The maximum Gasteiger partial charge on any atom is 0.0632 e. The average Bonchev–Trinajstić information content (AvgIpc) is 2.89. The van der Waals surface area contributed by atoms with Gasteiger partial charge in [0.15, 0.2) is 0 Å². The first-order valence-corrected chi connectivity index (χ1v) is 7.69. The number of rotatable bonds is 3. The van der Waals surface area contributed by atoms with Crippen molar-refractivity contribution >= 4 is 0 Å². The molecule has 0 aromatic rings. The molecule has 3 saturated heterocycles. The molecule has 2 atom stereocenters. The highest BCUT2D eigenvalue weighted by atomic mass is 16.5. The molecule has 4 nitrogen and oxygen atoms in total.